The lowest BCUT2D eigenvalue weighted by Crippen LogP contribution is -2.35. The van der Waals surface area contributed by atoms with Crippen LogP contribution in [-0.4, -0.2) is 73.7 Å². The second kappa shape index (κ2) is 13.3. The number of aliphatic hydroxyl groups excluding tert-OH is 1. The number of methoxy groups -OCH3 is 2. The summed E-state index contributed by atoms with van der Waals surface area (Å²) >= 11 is 0. The molecule has 49 heavy (non-hydrogen) atoms. The predicted octanol–water partition coefficient (Wildman–Crippen LogP) is 3.62. The Kier molecular flexibility index (Phi) is 9.21. The molecule has 8 N–H and O–H groups in total. The van der Waals surface area contributed by atoms with E-state index in [1.807, 2.05) is 0 Å². The number of carboxylic acids is 2. The van der Waals surface area contributed by atoms with Crippen LogP contribution in [0.2, 0.25) is 0 Å². The van der Waals surface area contributed by atoms with E-state index in [4.69, 9.17) is 9.47 Å². The zero-order valence-electron chi connectivity index (χ0n) is 25.8. The molecule has 1 fully saturated rings. The van der Waals surface area contributed by atoms with E-state index >= 15 is 0 Å². The highest BCUT2D eigenvalue weighted by Gasteiger charge is 2.56. The second-order valence-corrected chi connectivity index (χ2v) is 11.0. The number of nitrogens with one attached hydrogen (secondary N) is 1. The number of nitrogens with zero attached hydrogens (tertiary/aromatic N) is 1. The van der Waals surface area contributed by atoms with Crippen LogP contribution in [0.4, 0.5) is 11.4 Å². The molecule has 1 aliphatic rings. The van der Waals surface area contributed by atoms with Gasteiger partial charge in [-0.25, -0.2) is 9.59 Å². The molecule has 0 spiro atoms. The quantitative estimate of drug-likeness (QED) is 0.112. The van der Waals surface area contributed by atoms with E-state index in [1.165, 1.54) is 50.6 Å². The van der Waals surface area contributed by atoms with Crippen molar-refractivity contribution in [2.45, 2.75) is 12.1 Å². The Bertz CT molecular complexity index is 1980. The average Bonchev–Trinajstić information content (AvgIpc) is 3.37. The molecule has 0 saturated carbocycles. The normalized spacial score (nSPS) is 17.7. The zero-order chi connectivity index (χ0) is 35.7. The number of rotatable bonds is 10. The Hall–Kier alpha value is -6.48. The zero-order valence-corrected chi connectivity index (χ0v) is 25.8. The number of aliphatic hydroxyl groups is 1. The number of aromatic hydroxyl groups is 4. The molecule has 4 atom stereocenters. The molecular weight excluding hydrogens is 644 g/mol. The monoisotopic (exact) mass is 674 g/mol. The van der Waals surface area contributed by atoms with Crippen LogP contribution in [0.1, 0.15) is 44.0 Å². The van der Waals surface area contributed by atoms with E-state index in [-0.39, 0.29) is 45.5 Å². The molecular formula is C34H30N2O13. The van der Waals surface area contributed by atoms with E-state index in [9.17, 15) is 54.9 Å². The fourth-order valence-electron chi connectivity index (χ4n) is 5.97. The van der Waals surface area contributed by atoms with Gasteiger partial charge in [0.1, 0.15) is 11.5 Å². The first kappa shape index (κ1) is 33.9. The van der Waals surface area contributed by atoms with E-state index in [0.717, 1.165) is 41.3 Å². The van der Waals surface area contributed by atoms with E-state index < -0.39 is 70.4 Å². The number of hydrogen-bond acceptors (Lipinski definition) is 11. The Morgan fingerprint density at radius 2 is 1.33 bits per heavy atom. The van der Waals surface area contributed by atoms with Gasteiger partial charge in [-0.05, 0) is 71.8 Å². The predicted molar refractivity (Wildman–Crippen MR) is 170 cm³/mol. The molecule has 15 nitrogen and oxygen atoms in total. The molecule has 0 radical (unpaired) electrons. The third-order valence-corrected chi connectivity index (χ3v) is 8.22. The Labute approximate surface area is 277 Å². The minimum absolute atomic E-state index is 0.0229. The van der Waals surface area contributed by atoms with Crippen molar-refractivity contribution in [3.05, 3.63) is 95.1 Å². The van der Waals surface area contributed by atoms with Gasteiger partial charge in [0.2, 0.25) is 11.8 Å². The number of carbonyl (C=O) groups is 4. The van der Waals surface area contributed by atoms with Gasteiger partial charge in [-0.15, -0.1) is 0 Å². The summed E-state index contributed by atoms with van der Waals surface area (Å²) in [5, 5.41) is 74.7. The first-order valence-corrected chi connectivity index (χ1v) is 14.5. The maximum Gasteiger partial charge on any atom is 0.337 e. The van der Waals surface area contributed by atoms with Gasteiger partial charge in [0, 0.05) is 0 Å². The number of ether oxygens (including phenoxy) is 2. The summed E-state index contributed by atoms with van der Waals surface area (Å²) in [5.74, 6) is -9.91. The maximum atomic E-state index is 14.6. The van der Waals surface area contributed by atoms with Gasteiger partial charge in [-0.2, -0.15) is 0 Å². The topological polar surface area (TPSA) is 244 Å². The minimum atomic E-state index is -1.81. The van der Waals surface area contributed by atoms with E-state index in [0.29, 0.717) is 0 Å². The highest BCUT2D eigenvalue weighted by Crippen LogP contribution is 2.51. The Morgan fingerprint density at radius 3 is 1.94 bits per heavy atom. The summed E-state index contributed by atoms with van der Waals surface area (Å²) in [6.45, 7) is 0. The molecule has 4 aromatic rings. The standard InChI is InChI=1S/C34H30N2O13/c1-48-25-11-15(3-9-23(25)39)29-27(31(42)35-21-7-5-17(37)13-19(21)33(44)45)28(30(41)16-4-10-24(40)26(12-16)49-2)32(43)36(29)22-8-6-18(38)14-20(22)34(46)47/h3-14,27-30,37-41H,1-2H3,(H,35,42)(H,44,45)(H,46,47)/t27-,28+,29+,30-/m1/s1. The highest BCUT2D eigenvalue weighted by molar-refractivity contribution is 6.10. The SMILES string of the molecule is COc1cc([C@@H](O)[C@H]2C(=O)N(c3ccc(O)cc3C(=O)O)[C@@H](c3ccc(O)c(OC)c3)[C@@H]2C(=O)Nc2ccc(O)cc2C(=O)O)ccc1O. The number of hydrogen-bond donors (Lipinski definition) is 8. The van der Waals surface area contributed by atoms with Crippen molar-refractivity contribution >= 4 is 35.1 Å². The van der Waals surface area contributed by atoms with Crippen LogP contribution >= 0.6 is 0 Å². The number of anilines is 2. The molecule has 254 valence electrons. The van der Waals surface area contributed by atoms with E-state index in [2.05, 4.69) is 5.32 Å². The first-order valence-electron chi connectivity index (χ1n) is 14.5. The summed E-state index contributed by atoms with van der Waals surface area (Å²) in [6.07, 6.45) is -1.81. The van der Waals surface area contributed by atoms with Crippen LogP contribution in [0.5, 0.6) is 34.5 Å². The fourth-order valence-corrected chi connectivity index (χ4v) is 5.97. The first-order chi connectivity index (χ1) is 23.3. The minimum Gasteiger partial charge on any atom is -0.508 e. The fraction of sp³-hybridized carbons (Fsp3) is 0.176. The van der Waals surface area contributed by atoms with Crippen molar-refractivity contribution in [1.82, 2.24) is 0 Å². The van der Waals surface area contributed by atoms with Crippen LogP contribution in [0.25, 0.3) is 0 Å². The summed E-state index contributed by atoms with van der Waals surface area (Å²) in [4.78, 5) is 54.5. The summed E-state index contributed by atoms with van der Waals surface area (Å²) in [7, 11) is 2.51. The summed E-state index contributed by atoms with van der Waals surface area (Å²) in [6, 6.07) is 12.5. The lowest BCUT2D eigenvalue weighted by Gasteiger charge is -2.30. The van der Waals surface area contributed by atoms with Crippen molar-refractivity contribution in [3.63, 3.8) is 0 Å². The van der Waals surface area contributed by atoms with Gasteiger partial charge in [0.25, 0.3) is 0 Å². The lowest BCUT2D eigenvalue weighted by molar-refractivity contribution is -0.130. The molecule has 5 rings (SSSR count). The van der Waals surface area contributed by atoms with Gasteiger partial charge in [-0.1, -0.05) is 12.1 Å². The molecule has 0 unspecified atom stereocenters. The second-order valence-electron chi connectivity index (χ2n) is 11.0. The average molecular weight is 675 g/mol. The van der Waals surface area contributed by atoms with Gasteiger partial charge in [-0.3, -0.25) is 9.59 Å². The third kappa shape index (κ3) is 6.29. The van der Waals surface area contributed by atoms with Gasteiger partial charge >= 0.3 is 11.9 Å². The molecule has 1 heterocycles. The molecule has 15 heteroatoms. The van der Waals surface area contributed by atoms with Crippen LogP contribution in [0.3, 0.4) is 0 Å². The van der Waals surface area contributed by atoms with Crippen LogP contribution in [0, 0.1) is 11.8 Å². The number of carboxylic acid groups (broad SMARTS) is 2. The van der Waals surface area contributed by atoms with Gasteiger partial charge < -0.3 is 55.4 Å². The summed E-state index contributed by atoms with van der Waals surface area (Å²) < 4.78 is 10.4. The largest absolute Gasteiger partial charge is 0.508 e. The van der Waals surface area contributed by atoms with Crippen LogP contribution in [0.15, 0.2) is 72.8 Å². The molecule has 1 saturated heterocycles. The number of phenols is 4. The number of aromatic carboxylic acids is 2. The molecule has 1 aliphatic heterocycles. The van der Waals surface area contributed by atoms with Crippen LogP contribution in [-0.2, 0) is 9.59 Å². The lowest BCUT2D eigenvalue weighted by atomic mass is 9.80. The molecule has 4 aromatic carbocycles. The number of benzene rings is 4. The highest BCUT2D eigenvalue weighted by atomic mass is 16.5. The van der Waals surface area contributed by atoms with Crippen molar-refractivity contribution in [2.24, 2.45) is 11.8 Å². The summed E-state index contributed by atoms with van der Waals surface area (Å²) in [5.41, 5.74) is -1.40. The third-order valence-electron chi connectivity index (χ3n) is 8.22. The molecule has 2 amide bonds. The molecule has 0 aromatic heterocycles. The van der Waals surface area contributed by atoms with Crippen molar-refractivity contribution in [3.8, 4) is 34.5 Å². The van der Waals surface area contributed by atoms with Crippen molar-refractivity contribution in [2.75, 3.05) is 24.4 Å². The Morgan fingerprint density at radius 1 is 0.755 bits per heavy atom. The number of phenolic OH excluding ortho intramolecular Hbond substituents is 4. The van der Waals surface area contributed by atoms with Crippen LogP contribution < -0.4 is 19.7 Å². The number of carbonyl (C=O) groups excluding carboxylic acids is 2. The number of amides is 2. The Balaban J connectivity index is 1.78. The maximum absolute atomic E-state index is 14.6. The van der Waals surface area contributed by atoms with Gasteiger partial charge in [0.15, 0.2) is 23.0 Å². The molecule has 0 bridgehead atoms. The smallest absolute Gasteiger partial charge is 0.337 e. The van der Waals surface area contributed by atoms with E-state index in [1.54, 1.807) is 0 Å². The van der Waals surface area contributed by atoms with Crippen molar-refractivity contribution in [1.29, 1.82) is 0 Å². The van der Waals surface area contributed by atoms with Crippen molar-refractivity contribution < 1.29 is 64.4 Å². The molecule has 0 aliphatic carbocycles. The van der Waals surface area contributed by atoms with Gasteiger partial charge in [0.05, 0.1) is 60.7 Å².